The molecule has 0 aliphatic carbocycles. The Hall–Kier alpha value is -2.21. The molecule has 0 atom stereocenters. The van der Waals surface area contributed by atoms with E-state index in [-0.39, 0.29) is 12.5 Å². The summed E-state index contributed by atoms with van der Waals surface area (Å²) in [5.74, 6) is 0.938. The van der Waals surface area contributed by atoms with Crippen molar-refractivity contribution in [3.63, 3.8) is 0 Å². The first-order valence-electron chi connectivity index (χ1n) is 6.56. The van der Waals surface area contributed by atoms with Crippen LogP contribution in [0, 0.1) is 0 Å². The number of likely N-dealkylation sites (N-methyl/N-ethyl adjacent to an activating group) is 1. The van der Waals surface area contributed by atoms with Crippen LogP contribution < -0.4 is 10.6 Å². The number of amides is 1. The molecule has 1 aromatic heterocycles. The lowest BCUT2D eigenvalue weighted by atomic mass is 10.1. The van der Waals surface area contributed by atoms with Crippen LogP contribution in [-0.2, 0) is 17.8 Å². The van der Waals surface area contributed by atoms with Gasteiger partial charge in [0.1, 0.15) is 0 Å². The zero-order valence-corrected chi connectivity index (χ0v) is 11.6. The van der Waals surface area contributed by atoms with Crippen LogP contribution in [0.5, 0.6) is 0 Å². The van der Waals surface area contributed by atoms with Gasteiger partial charge in [0.2, 0.25) is 17.6 Å². The summed E-state index contributed by atoms with van der Waals surface area (Å²) in [7, 11) is 1.59. The molecule has 0 aliphatic heterocycles. The van der Waals surface area contributed by atoms with E-state index in [0.29, 0.717) is 18.3 Å². The highest BCUT2D eigenvalue weighted by molar-refractivity contribution is 5.77. The predicted octanol–water partition coefficient (Wildman–Crippen LogP) is 1.13. The second kappa shape index (κ2) is 6.81. The van der Waals surface area contributed by atoms with Crippen LogP contribution in [-0.4, -0.2) is 29.6 Å². The Morgan fingerprint density at radius 3 is 2.70 bits per heavy atom. The summed E-state index contributed by atoms with van der Waals surface area (Å²) in [6.07, 6.45) is 1.00. The number of nitrogens with one attached hydrogen (secondary N) is 2. The molecule has 2 rings (SSSR count). The molecule has 2 aromatic rings. The molecular formula is C14H18N4O2. The van der Waals surface area contributed by atoms with Gasteiger partial charge in [-0.05, 0) is 12.0 Å². The average Bonchev–Trinajstić information content (AvgIpc) is 2.96. The highest BCUT2D eigenvalue weighted by Crippen LogP contribution is 2.16. The van der Waals surface area contributed by atoms with E-state index < -0.39 is 0 Å². The first-order valence-corrected chi connectivity index (χ1v) is 6.56. The average molecular weight is 274 g/mol. The van der Waals surface area contributed by atoms with Crippen LogP contribution >= 0.6 is 0 Å². The lowest BCUT2D eigenvalue weighted by molar-refractivity contribution is -0.119. The number of carbonyl (C=O) groups excluding carboxylic acids is 1. The zero-order chi connectivity index (χ0) is 14.4. The minimum Gasteiger partial charge on any atom is -0.358 e. The molecule has 0 saturated heterocycles. The van der Waals surface area contributed by atoms with Crippen LogP contribution in [0.2, 0.25) is 0 Å². The van der Waals surface area contributed by atoms with Crippen molar-refractivity contribution in [3.8, 4) is 11.4 Å². The van der Waals surface area contributed by atoms with Crippen molar-refractivity contribution in [3.05, 3.63) is 35.7 Å². The minimum atomic E-state index is -0.0834. The van der Waals surface area contributed by atoms with Crippen molar-refractivity contribution < 1.29 is 9.32 Å². The number of hydrogen-bond acceptors (Lipinski definition) is 5. The fourth-order valence-electron chi connectivity index (χ4n) is 1.70. The number of benzene rings is 1. The van der Waals surface area contributed by atoms with Gasteiger partial charge in [-0.1, -0.05) is 36.3 Å². The standard InChI is InChI=1S/C14H18N4O2/c1-3-10-4-6-11(7-5-10)14-17-13(20-18-14)9-16-8-12(19)15-2/h4-7,16H,3,8-9H2,1-2H3,(H,15,19). The zero-order valence-electron chi connectivity index (χ0n) is 11.6. The second-order valence-electron chi connectivity index (χ2n) is 4.34. The Bertz CT molecular complexity index is 563. The third kappa shape index (κ3) is 3.64. The number of hydrogen-bond donors (Lipinski definition) is 2. The van der Waals surface area contributed by atoms with Gasteiger partial charge in [-0.25, -0.2) is 0 Å². The van der Waals surface area contributed by atoms with Gasteiger partial charge in [0.05, 0.1) is 13.1 Å². The molecule has 1 amide bonds. The van der Waals surface area contributed by atoms with Crippen LogP contribution in [0.4, 0.5) is 0 Å². The Labute approximate surface area is 117 Å². The van der Waals surface area contributed by atoms with Gasteiger partial charge in [-0.3, -0.25) is 10.1 Å². The van der Waals surface area contributed by atoms with E-state index in [0.717, 1.165) is 12.0 Å². The summed E-state index contributed by atoms with van der Waals surface area (Å²) in [5, 5.41) is 9.39. The summed E-state index contributed by atoms with van der Waals surface area (Å²) in [6.45, 7) is 2.70. The first-order chi connectivity index (χ1) is 9.72. The smallest absolute Gasteiger partial charge is 0.240 e. The molecule has 1 aromatic carbocycles. The minimum absolute atomic E-state index is 0.0834. The monoisotopic (exact) mass is 274 g/mol. The van der Waals surface area contributed by atoms with Crippen molar-refractivity contribution in [2.24, 2.45) is 0 Å². The molecule has 20 heavy (non-hydrogen) atoms. The molecule has 0 fully saturated rings. The van der Waals surface area contributed by atoms with E-state index in [4.69, 9.17) is 4.52 Å². The van der Waals surface area contributed by atoms with Gasteiger partial charge in [0, 0.05) is 12.6 Å². The second-order valence-corrected chi connectivity index (χ2v) is 4.34. The number of nitrogens with zero attached hydrogens (tertiary/aromatic N) is 2. The van der Waals surface area contributed by atoms with Crippen molar-refractivity contribution in [2.75, 3.05) is 13.6 Å². The molecule has 106 valence electrons. The number of aryl methyl sites for hydroxylation is 1. The summed E-state index contributed by atoms with van der Waals surface area (Å²) in [4.78, 5) is 15.3. The Kier molecular flexibility index (Phi) is 4.84. The topological polar surface area (TPSA) is 80.0 Å². The van der Waals surface area contributed by atoms with Gasteiger partial charge in [0.15, 0.2) is 0 Å². The van der Waals surface area contributed by atoms with E-state index >= 15 is 0 Å². The van der Waals surface area contributed by atoms with E-state index in [1.165, 1.54) is 5.56 Å². The van der Waals surface area contributed by atoms with E-state index in [1.807, 2.05) is 12.1 Å². The van der Waals surface area contributed by atoms with Gasteiger partial charge < -0.3 is 9.84 Å². The van der Waals surface area contributed by atoms with Crippen LogP contribution in [0.25, 0.3) is 11.4 Å². The maximum Gasteiger partial charge on any atom is 0.240 e. The normalized spacial score (nSPS) is 10.5. The molecule has 0 bridgehead atoms. The van der Waals surface area contributed by atoms with Crippen LogP contribution in [0.15, 0.2) is 28.8 Å². The Morgan fingerprint density at radius 2 is 2.05 bits per heavy atom. The lowest BCUT2D eigenvalue weighted by Crippen LogP contribution is -2.31. The summed E-state index contributed by atoms with van der Waals surface area (Å²) < 4.78 is 5.14. The van der Waals surface area contributed by atoms with Gasteiger partial charge in [-0.15, -0.1) is 0 Å². The van der Waals surface area contributed by atoms with Crippen LogP contribution in [0.1, 0.15) is 18.4 Å². The third-order valence-electron chi connectivity index (χ3n) is 2.93. The van der Waals surface area contributed by atoms with Crippen LogP contribution in [0.3, 0.4) is 0 Å². The maximum atomic E-state index is 11.0. The number of aromatic nitrogens is 2. The highest BCUT2D eigenvalue weighted by atomic mass is 16.5. The van der Waals surface area contributed by atoms with E-state index in [2.05, 4.69) is 39.8 Å². The van der Waals surface area contributed by atoms with E-state index in [1.54, 1.807) is 7.05 Å². The predicted molar refractivity (Wildman–Crippen MR) is 74.9 cm³/mol. The molecule has 0 saturated carbocycles. The molecule has 0 radical (unpaired) electrons. The third-order valence-corrected chi connectivity index (χ3v) is 2.93. The Balaban J connectivity index is 1.95. The summed E-state index contributed by atoms with van der Waals surface area (Å²) in [6, 6.07) is 8.06. The van der Waals surface area contributed by atoms with Crippen molar-refractivity contribution in [2.45, 2.75) is 19.9 Å². The molecule has 2 N–H and O–H groups in total. The Morgan fingerprint density at radius 1 is 1.30 bits per heavy atom. The number of rotatable bonds is 6. The van der Waals surface area contributed by atoms with Crippen molar-refractivity contribution >= 4 is 5.91 Å². The largest absolute Gasteiger partial charge is 0.358 e. The molecule has 6 heteroatoms. The molecule has 0 spiro atoms. The SMILES string of the molecule is CCc1ccc(-c2noc(CNCC(=O)NC)n2)cc1. The summed E-state index contributed by atoms with van der Waals surface area (Å²) in [5.41, 5.74) is 2.19. The van der Waals surface area contributed by atoms with Crippen molar-refractivity contribution in [1.29, 1.82) is 0 Å². The lowest BCUT2D eigenvalue weighted by Gasteiger charge is -1.99. The molecule has 0 unspecified atom stereocenters. The van der Waals surface area contributed by atoms with Gasteiger partial charge in [-0.2, -0.15) is 4.98 Å². The molecule has 1 heterocycles. The summed E-state index contributed by atoms with van der Waals surface area (Å²) >= 11 is 0. The number of carbonyl (C=O) groups is 1. The highest BCUT2D eigenvalue weighted by Gasteiger charge is 2.08. The fraction of sp³-hybridized carbons (Fsp3) is 0.357. The molecule has 6 nitrogen and oxygen atoms in total. The maximum absolute atomic E-state index is 11.0. The fourth-order valence-corrected chi connectivity index (χ4v) is 1.70. The quantitative estimate of drug-likeness (QED) is 0.825. The van der Waals surface area contributed by atoms with Gasteiger partial charge >= 0.3 is 0 Å². The van der Waals surface area contributed by atoms with E-state index in [9.17, 15) is 4.79 Å². The van der Waals surface area contributed by atoms with Gasteiger partial charge in [0.25, 0.3) is 0 Å². The molecular weight excluding hydrogens is 256 g/mol. The molecule has 0 aliphatic rings. The first kappa shape index (κ1) is 14.2. The van der Waals surface area contributed by atoms with Crippen molar-refractivity contribution in [1.82, 2.24) is 20.8 Å².